The van der Waals surface area contributed by atoms with E-state index in [0.717, 1.165) is 0 Å². The average molecular weight is 365 g/mol. The van der Waals surface area contributed by atoms with Crippen LogP contribution in [0, 0.1) is 11.3 Å². The molecule has 7 nitrogen and oxygen atoms in total. The predicted molar refractivity (Wildman–Crippen MR) is 96.3 cm³/mol. The van der Waals surface area contributed by atoms with Crippen molar-refractivity contribution in [1.82, 2.24) is 14.7 Å². The maximum atomic E-state index is 13.5. The molecule has 0 aliphatic carbocycles. The van der Waals surface area contributed by atoms with Gasteiger partial charge in [-0.15, -0.1) is 0 Å². The van der Waals surface area contributed by atoms with Gasteiger partial charge in [0.1, 0.15) is 0 Å². The first-order chi connectivity index (χ1) is 12.4. The van der Waals surface area contributed by atoms with E-state index in [1.54, 1.807) is 6.92 Å². The van der Waals surface area contributed by atoms with Gasteiger partial charge < -0.3 is 19.4 Å². The molecular formula is C19H31N3O4. The van der Waals surface area contributed by atoms with E-state index in [1.807, 2.05) is 28.5 Å². The van der Waals surface area contributed by atoms with Crippen molar-refractivity contribution in [3.8, 4) is 0 Å². The number of hydrogen-bond acceptors (Lipinski definition) is 4. The molecule has 3 rings (SSSR count). The summed E-state index contributed by atoms with van der Waals surface area (Å²) in [5, 5.41) is 0. The van der Waals surface area contributed by atoms with Crippen molar-refractivity contribution in [2.24, 2.45) is 11.3 Å². The molecule has 3 heterocycles. The number of carbonyl (C=O) groups is 3. The summed E-state index contributed by atoms with van der Waals surface area (Å²) in [5.41, 5.74) is -0.560. The summed E-state index contributed by atoms with van der Waals surface area (Å²) < 4.78 is 5.39. The maximum absolute atomic E-state index is 13.5. The fraction of sp³-hybridized carbons (Fsp3) is 0.842. The van der Waals surface area contributed by atoms with E-state index in [-0.39, 0.29) is 29.7 Å². The molecule has 0 N–H and O–H groups in total. The topological polar surface area (TPSA) is 70.2 Å². The second-order valence-corrected chi connectivity index (χ2v) is 8.06. The fourth-order valence-electron chi connectivity index (χ4n) is 4.79. The number of hydrogen-bond donors (Lipinski definition) is 0. The molecule has 3 aliphatic heterocycles. The van der Waals surface area contributed by atoms with Crippen molar-refractivity contribution in [2.75, 3.05) is 45.9 Å². The fourth-order valence-corrected chi connectivity index (χ4v) is 4.79. The molecule has 0 aromatic heterocycles. The van der Waals surface area contributed by atoms with Gasteiger partial charge in [0.15, 0.2) is 0 Å². The number of rotatable bonds is 2. The number of carbonyl (C=O) groups excluding carboxylic acids is 3. The van der Waals surface area contributed by atoms with E-state index in [9.17, 15) is 14.4 Å². The highest BCUT2D eigenvalue weighted by molar-refractivity contribution is 5.86. The molecule has 3 saturated heterocycles. The highest BCUT2D eigenvalue weighted by Gasteiger charge is 2.55. The lowest BCUT2D eigenvalue weighted by Crippen LogP contribution is -2.54. The average Bonchev–Trinajstić information content (AvgIpc) is 2.91. The van der Waals surface area contributed by atoms with E-state index in [0.29, 0.717) is 65.2 Å². The Morgan fingerprint density at radius 2 is 1.62 bits per heavy atom. The van der Waals surface area contributed by atoms with Crippen molar-refractivity contribution in [1.29, 1.82) is 0 Å². The molecule has 7 heteroatoms. The Morgan fingerprint density at radius 1 is 0.962 bits per heavy atom. The van der Waals surface area contributed by atoms with Gasteiger partial charge in [-0.05, 0) is 19.3 Å². The number of likely N-dealkylation sites (tertiary alicyclic amines) is 2. The van der Waals surface area contributed by atoms with E-state index < -0.39 is 5.41 Å². The Balaban J connectivity index is 1.87. The normalized spacial score (nSPS) is 29.5. The van der Waals surface area contributed by atoms with Crippen LogP contribution in [0.15, 0.2) is 0 Å². The van der Waals surface area contributed by atoms with E-state index in [2.05, 4.69) is 0 Å². The van der Waals surface area contributed by atoms with Gasteiger partial charge in [0.05, 0.1) is 18.6 Å². The molecule has 26 heavy (non-hydrogen) atoms. The molecule has 3 amide bonds. The molecule has 3 fully saturated rings. The molecule has 0 unspecified atom stereocenters. The minimum Gasteiger partial charge on any atom is -0.378 e. The summed E-state index contributed by atoms with van der Waals surface area (Å²) in [5.74, 6) is 0.250. The third kappa shape index (κ3) is 3.33. The molecular weight excluding hydrogens is 334 g/mol. The number of fused-ring (bicyclic) bond motifs is 1. The number of morpholine rings is 1. The first-order valence-corrected chi connectivity index (χ1v) is 9.80. The van der Waals surface area contributed by atoms with Gasteiger partial charge in [-0.1, -0.05) is 13.8 Å². The SMILES string of the molecule is CC(=O)N1CC[C@@]2(C(=O)N3CCOCC3)CCN(C(=O)C(C)C)CC[C@@H]12. The van der Waals surface area contributed by atoms with Crippen LogP contribution in [0.4, 0.5) is 0 Å². The summed E-state index contributed by atoms with van der Waals surface area (Å²) in [7, 11) is 0. The second kappa shape index (κ2) is 7.55. The van der Waals surface area contributed by atoms with Crippen LogP contribution in [0.3, 0.4) is 0 Å². The van der Waals surface area contributed by atoms with Gasteiger partial charge in [-0.2, -0.15) is 0 Å². The molecule has 2 atom stereocenters. The first-order valence-electron chi connectivity index (χ1n) is 9.80. The quantitative estimate of drug-likeness (QED) is 0.723. The van der Waals surface area contributed by atoms with Crippen LogP contribution in [-0.2, 0) is 19.1 Å². The minimum atomic E-state index is -0.560. The Labute approximate surface area is 155 Å². The number of ether oxygens (including phenoxy) is 1. The van der Waals surface area contributed by atoms with Crippen LogP contribution >= 0.6 is 0 Å². The van der Waals surface area contributed by atoms with Crippen molar-refractivity contribution in [3.63, 3.8) is 0 Å². The van der Waals surface area contributed by atoms with Gasteiger partial charge in [0, 0.05) is 51.6 Å². The molecule has 0 aromatic rings. The highest BCUT2D eigenvalue weighted by Crippen LogP contribution is 2.45. The van der Waals surface area contributed by atoms with Crippen LogP contribution in [0.5, 0.6) is 0 Å². The van der Waals surface area contributed by atoms with Crippen molar-refractivity contribution in [2.45, 2.75) is 46.1 Å². The van der Waals surface area contributed by atoms with Crippen LogP contribution in [-0.4, -0.2) is 84.4 Å². The van der Waals surface area contributed by atoms with Gasteiger partial charge in [-0.25, -0.2) is 0 Å². The largest absolute Gasteiger partial charge is 0.378 e. The first kappa shape index (κ1) is 19.1. The van der Waals surface area contributed by atoms with Crippen molar-refractivity contribution >= 4 is 17.7 Å². The number of nitrogens with zero attached hydrogens (tertiary/aromatic N) is 3. The Kier molecular flexibility index (Phi) is 5.55. The highest BCUT2D eigenvalue weighted by atomic mass is 16.5. The Bertz CT molecular complexity index is 573. The zero-order valence-corrected chi connectivity index (χ0v) is 16.2. The standard InChI is InChI=1S/C19H31N3O4/c1-14(2)17(24)20-7-4-16-19(5-8-20,6-9-22(16)15(3)23)18(25)21-10-12-26-13-11-21/h14,16H,4-13H2,1-3H3/t16-,19+/m1/s1. The van der Waals surface area contributed by atoms with E-state index in [1.165, 1.54) is 0 Å². The summed E-state index contributed by atoms with van der Waals surface area (Å²) >= 11 is 0. The maximum Gasteiger partial charge on any atom is 0.231 e. The van der Waals surface area contributed by atoms with Crippen molar-refractivity contribution < 1.29 is 19.1 Å². The second-order valence-electron chi connectivity index (χ2n) is 8.06. The lowest BCUT2D eigenvalue weighted by Gasteiger charge is -2.40. The minimum absolute atomic E-state index is 0.0234. The summed E-state index contributed by atoms with van der Waals surface area (Å²) in [4.78, 5) is 43.8. The van der Waals surface area contributed by atoms with Crippen LogP contribution in [0.25, 0.3) is 0 Å². The summed E-state index contributed by atoms with van der Waals surface area (Å²) in [6.07, 6.45) is 2.00. The lowest BCUT2D eigenvalue weighted by atomic mass is 9.75. The third-order valence-corrected chi connectivity index (χ3v) is 6.25. The predicted octanol–water partition coefficient (Wildman–Crippen LogP) is 0.731. The van der Waals surface area contributed by atoms with Crippen molar-refractivity contribution in [3.05, 3.63) is 0 Å². The van der Waals surface area contributed by atoms with Gasteiger partial charge in [-0.3, -0.25) is 14.4 Å². The monoisotopic (exact) mass is 365 g/mol. The van der Waals surface area contributed by atoms with Crippen LogP contribution < -0.4 is 0 Å². The van der Waals surface area contributed by atoms with Gasteiger partial charge in [0.25, 0.3) is 0 Å². The molecule has 0 saturated carbocycles. The van der Waals surface area contributed by atoms with Gasteiger partial charge >= 0.3 is 0 Å². The molecule has 0 radical (unpaired) electrons. The molecule has 0 aromatic carbocycles. The zero-order valence-electron chi connectivity index (χ0n) is 16.2. The van der Waals surface area contributed by atoms with Crippen LogP contribution in [0.2, 0.25) is 0 Å². The molecule has 0 spiro atoms. The van der Waals surface area contributed by atoms with E-state index in [4.69, 9.17) is 4.74 Å². The van der Waals surface area contributed by atoms with Crippen LogP contribution in [0.1, 0.15) is 40.0 Å². The molecule has 0 bridgehead atoms. The molecule has 3 aliphatic rings. The van der Waals surface area contributed by atoms with Gasteiger partial charge in [0.2, 0.25) is 17.7 Å². The molecule has 146 valence electrons. The van der Waals surface area contributed by atoms with E-state index >= 15 is 0 Å². The summed E-state index contributed by atoms with van der Waals surface area (Å²) in [6, 6.07) is -0.111. The Morgan fingerprint density at radius 3 is 2.23 bits per heavy atom. The smallest absolute Gasteiger partial charge is 0.231 e. The third-order valence-electron chi connectivity index (χ3n) is 6.25. The number of amides is 3. The lowest BCUT2D eigenvalue weighted by molar-refractivity contribution is -0.149. The summed E-state index contributed by atoms with van der Waals surface area (Å²) in [6.45, 7) is 9.60. The Hall–Kier alpha value is -1.63. The zero-order chi connectivity index (χ0) is 18.9.